The Hall–Kier alpha value is -1.10. The van der Waals surface area contributed by atoms with E-state index in [2.05, 4.69) is 36.9 Å². The highest BCUT2D eigenvalue weighted by Gasteiger charge is 2.17. The summed E-state index contributed by atoms with van der Waals surface area (Å²) in [7, 11) is 3.45. The lowest BCUT2D eigenvalue weighted by atomic mass is 10.1. The highest BCUT2D eigenvalue weighted by molar-refractivity contribution is 5.56. The van der Waals surface area contributed by atoms with E-state index >= 15 is 0 Å². The Labute approximate surface area is 116 Å². The van der Waals surface area contributed by atoms with Crippen LogP contribution in [0.15, 0.2) is 18.2 Å². The molecule has 1 rings (SSSR count). The number of anilines is 1. The van der Waals surface area contributed by atoms with Crippen molar-refractivity contribution in [1.82, 2.24) is 0 Å². The van der Waals surface area contributed by atoms with Gasteiger partial charge in [0.15, 0.2) is 0 Å². The van der Waals surface area contributed by atoms with Gasteiger partial charge in [0.05, 0.1) is 13.2 Å². The van der Waals surface area contributed by atoms with Crippen LogP contribution in [0.2, 0.25) is 0 Å². The van der Waals surface area contributed by atoms with E-state index in [1.807, 2.05) is 0 Å². The predicted octanol–water partition coefficient (Wildman–Crippen LogP) is 1.94. The molecule has 0 fully saturated rings. The van der Waals surface area contributed by atoms with Gasteiger partial charge in [-0.25, -0.2) is 0 Å². The molecule has 0 heterocycles. The van der Waals surface area contributed by atoms with Crippen LogP contribution in [0, 0.1) is 6.92 Å². The average molecular weight is 266 g/mol. The molecule has 0 radical (unpaired) electrons. The van der Waals surface area contributed by atoms with Crippen molar-refractivity contribution in [2.24, 2.45) is 5.73 Å². The van der Waals surface area contributed by atoms with E-state index in [0.29, 0.717) is 19.8 Å². The van der Waals surface area contributed by atoms with Crippen LogP contribution in [0.3, 0.4) is 0 Å². The van der Waals surface area contributed by atoms with E-state index in [4.69, 9.17) is 15.2 Å². The van der Waals surface area contributed by atoms with Crippen LogP contribution in [0.5, 0.6) is 0 Å². The number of ether oxygens (including phenoxy) is 2. The molecule has 0 aliphatic heterocycles. The third kappa shape index (κ3) is 4.49. The fourth-order valence-corrected chi connectivity index (χ4v) is 2.21. The SMILES string of the molecule is COCCN(c1cc(C)ccc1CN)C(C)COC. The van der Waals surface area contributed by atoms with Crippen LogP contribution in [-0.2, 0) is 16.0 Å². The van der Waals surface area contributed by atoms with E-state index in [-0.39, 0.29) is 6.04 Å². The van der Waals surface area contributed by atoms with E-state index in [0.717, 1.165) is 12.1 Å². The molecule has 0 saturated heterocycles. The quantitative estimate of drug-likeness (QED) is 0.781. The van der Waals surface area contributed by atoms with Gasteiger partial charge in [-0.3, -0.25) is 0 Å². The second kappa shape index (κ2) is 8.15. The molecule has 0 amide bonds. The largest absolute Gasteiger partial charge is 0.383 e. The minimum absolute atomic E-state index is 0.284. The van der Waals surface area contributed by atoms with E-state index in [9.17, 15) is 0 Å². The van der Waals surface area contributed by atoms with Gasteiger partial charge < -0.3 is 20.1 Å². The van der Waals surface area contributed by atoms with Crippen molar-refractivity contribution in [2.45, 2.75) is 26.4 Å². The number of methoxy groups -OCH3 is 2. The van der Waals surface area contributed by atoms with Crippen molar-refractivity contribution in [1.29, 1.82) is 0 Å². The summed E-state index contributed by atoms with van der Waals surface area (Å²) in [5.41, 5.74) is 9.43. The normalized spacial score (nSPS) is 12.5. The van der Waals surface area contributed by atoms with Crippen molar-refractivity contribution in [3.05, 3.63) is 29.3 Å². The molecule has 0 bridgehead atoms. The molecule has 108 valence electrons. The Morgan fingerprint density at radius 3 is 2.58 bits per heavy atom. The molecule has 1 atom stereocenters. The lowest BCUT2D eigenvalue weighted by Gasteiger charge is -2.32. The van der Waals surface area contributed by atoms with Gasteiger partial charge in [0.1, 0.15) is 0 Å². The summed E-state index contributed by atoms with van der Waals surface area (Å²) in [4.78, 5) is 2.31. The smallest absolute Gasteiger partial charge is 0.0663 e. The minimum Gasteiger partial charge on any atom is -0.383 e. The number of hydrogen-bond donors (Lipinski definition) is 1. The van der Waals surface area contributed by atoms with Gasteiger partial charge in [0, 0.05) is 39.0 Å². The Bertz CT molecular complexity index is 382. The number of hydrogen-bond acceptors (Lipinski definition) is 4. The Balaban J connectivity index is 3.04. The Morgan fingerprint density at radius 1 is 1.26 bits per heavy atom. The Kier molecular flexibility index (Phi) is 6.84. The van der Waals surface area contributed by atoms with Crippen molar-refractivity contribution in [3.63, 3.8) is 0 Å². The first kappa shape index (κ1) is 16.0. The van der Waals surface area contributed by atoms with E-state index < -0.39 is 0 Å². The van der Waals surface area contributed by atoms with Crippen LogP contribution in [0.4, 0.5) is 5.69 Å². The highest BCUT2D eigenvalue weighted by atomic mass is 16.5. The lowest BCUT2D eigenvalue weighted by Crippen LogP contribution is -2.39. The molecule has 2 N–H and O–H groups in total. The van der Waals surface area contributed by atoms with Crippen LogP contribution < -0.4 is 10.6 Å². The number of rotatable bonds is 8. The molecular weight excluding hydrogens is 240 g/mol. The molecule has 0 aromatic heterocycles. The zero-order chi connectivity index (χ0) is 14.3. The summed E-state index contributed by atoms with van der Waals surface area (Å²) in [6, 6.07) is 6.67. The van der Waals surface area contributed by atoms with Crippen molar-refractivity contribution < 1.29 is 9.47 Å². The second-order valence-corrected chi connectivity index (χ2v) is 4.83. The van der Waals surface area contributed by atoms with E-state index in [1.54, 1.807) is 14.2 Å². The number of nitrogens with zero attached hydrogens (tertiary/aromatic N) is 1. The van der Waals surface area contributed by atoms with Crippen molar-refractivity contribution in [2.75, 3.05) is 38.9 Å². The number of nitrogens with two attached hydrogens (primary N) is 1. The molecule has 0 aliphatic carbocycles. The summed E-state index contributed by atoms with van der Waals surface area (Å²) >= 11 is 0. The van der Waals surface area contributed by atoms with Crippen LogP contribution in [0.1, 0.15) is 18.1 Å². The summed E-state index contributed by atoms with van der Waals surface area (Å²) < 4.78 is 10.5. The first-order valence-corrected chi connectivity index (χ1v) is 6.68. The maximum Gasteiger partial charge on any atom is 0.0663 e. The third-order valence-electron chi connectivity index (χ3n) is 3.25. The fourth-order valence-electron chi connectivity index (χ4n) is 2.21. The zero-order valence-electron chi connectivity index (χ0n) is 12.5. The molecule has 0 spiro atoms. The van der Waals surface area contributed by atoms with E-state index in [1.165, 1.54) is 11.3 Å². The topological polar surface area (TPSA) is 47.7 Å². The van der Waals surface area contributed by atoms with Gasteiger partial charge >= 0.3 is 0 Å². The average Bonchev–Trinajstić information content (AvgIpc) is 2.40. The number of benzene rings is 1. The van der Waals surface area contributed by atoms with Crippen LogP contribution >= 0.6 is 0 Å². The van der Waals surface area contributed by atoms with Gasteiger partial charge in [-0.1, -0.05) is 12.1 Å². The monoisotopic (exact) mass is 266 g/mol. The molecule has 4 nitrogen and oxygen atoms in total. The van der Waals surface area contributed by atoms with Crippen LogP contribution in [-0.4, -0.2) is 40.0 Å². The first-order chi connectivity index (χ1) is 9.13. The Morgan fingerprint density at radius 2 is 2.00 bits per heavy atom. The highest BCUT2D eigenvalue weighted by Crippen LogP contribution is 2.24. The standard InChI is InChI=1S/C15H26N2O2/c1-12-5-6-14(10-16)15(9-12)17(7-8-18-3)13(2)11-19-4/h5-6,9,13H,7-8,10-11,16H2,1-4H3. The van der Waals surface area contributed by atoms with Gasteiger partial charge in [-0.2, -0.15) is 0 Å². The van der Waals surface area contributed by atoms with Crippen molar-refractivity contribution >= 4 is 5.69 Å². The summed E-state index contributed by atoms with van der Waals surface area (Å²) in [6.07, 6.45) is 0. The molecule has 1 unspecified atom stereocenters. The molecular formula is C15H26N2O2. The summed E-state index contributed by atoms with van der Waals surface area (Å²) in [6.45, 7) is 6.99. The lowest BCUT2D eigenvalue weighted by molar-refractivity contribution is 0.171. The van der Waals surface area contributed by atoms with Gasteiger partial charge in [0.25, 0.3) is 0 Å². The molecule has 0 saturated carbocycles. The molecule has 4 heteroatoms. The van der Waals surface area contributed by atoms with Crippen molar-refractivity contribution in [3.8, 4) is 0 Å². The first-order valence-electron chi connectivity index (χ1n) is 6.68. The maximum absolute atomic E-state index is 5.85. The molecule has 0 aliphatic rings. The van der Waals surface area contributed by atoms with Gasteiger partial charge in [-0.15, -0.1) is 0 Å². The maximum atomic E-state index is 5.85. The van der Waals surface area contributed by atoms with Gasteiger partial charge in [-0.05, 0) is 31.0 Å². The van der Waals surface area contributed by atoms with Gasteiger partial charge in [0.2, 0.25) is 0 Å². The summed E-state index contributed by atoms with van der Waals surface area (Å²) in [5, 5.41) is 0. The third-order valence-corrected chi connectivity index (χ3v) is 3.25. The molecule has 1 aromatic rings. The zero-order valence-corrected chi connectivity index (χ0v) is 12.5. The van der Waals surface area contributed by atoms with Crippen LogP contribution in [0.25, 0.3) is 0 Å². The second-order valence-electron chi connectivity index (χ2n) is 4.83. The number of aryl methyl sites for hydroxylation is 1. The molecule has 1 aromatic carbocycles. The summed E-state index contributed by atoms with van der Waals surface area (Å²) in [5.74, 6) is 0. The predicted molar refractivity (Wildman–Crippen MR) is 79.6 cm³/mol. The molecule has 19 heavy (non-hydrogen) atoms. The fraction of sp³-hybridized carbons (Fsp3) is 0.600. The minimum atomic E-state index is 0.284.